The topological polar surface area (TPSA) is 65.2 Å². The number of rotatable bonds is 4. The monoisotopic (exact) mass is 274 g/mol. The van der Waals surface area contributed by atoms with E-state index in [2.05, 4.69) is 10.1 Å². The molecule has 2 heterocycles. The summed E-state index contributed by atoms with van der Waals surface area (Å²) in [5, 5.41) is 4.77. The highest BCUT2D eigenvalue weighted by molar-refractivity contribution is 6.03. The molecular weight excluding hydrogens is 256 g/mol. The summed E-state index contributed by atoms with van der Waals surface area (Å²) in [7, 11) is 0. The Hall–Kier alpha value is -1.91. The lowest BCUT2D eigenvalue weighted by Crippen LogP contribution is -2.07. The van der Waals surface area contributed by atoms with Crippen LogP contribution in [0.4, 0.5) is 0 Å². The van der Waals surface area contributed by atoms with Crippen molar-refractivity contribution in [3.8, 4) is 0 Å². The maximum absolute atomic E-state index is 12.2. The highest BCUT2D eigenvalue weighted by atomic mass is 16.5. The third-order valence-corrected chi connectivity index (χ3v) is 3.53. The Bertz CT molecular complexity index is 656. The first-order valence-electron chi connectivity index (χ1n) is 7.09. The van der Waals surface area contributed by atoms with E-state index in [1.165, 1.54) is 0 Å². The molecule has 0 saturated heterocycles. The van der Waals surface area contributed by atoms with E-state index in [0.717, 1.165) is 24.2 Å². The van der Waals surface area contributed by atoms with Gasteiger partial charge in [-0.25, -0.2) is 9.78 Å². The largest absolute Gasteiger partial charge is 0.462 e. The van der Waals surface area contributed by atoms with Crippen molar-refractivity contribution >= 4 is 17.1 Å². The Labute approximate surface area is 117 Å². The molecule has 0 spiro atoms. The van der Waals surface area contributed by atoms with Gasteiger partial charge >= 0.3 is 5.97 Å². The molecule has 2 aromatic rings. The molecule has 106 valence electrons. The molecule has 0 N–H and O–H groups in total. The number of nitrogens with zero attached hydrogens (tertiary/aromatic N) is 2. The molecule has 20 heavy (non-hydrogen) atoms. The van der Waals surface area contributed by atoms with Gasteiger partial charge in [-0.1, -0.05) is 19.0 Å². The number of hydrogen-bond donors (Lipinski definition) is 0. The van der Waals surface area contributed by atoms with E-state index in [1.54, 1.807) is 6.92 Å². The zero-order valence-electron chi connectivity index (χ0n) is 12.0. The summed E-state index contributed by atoms with van der Waals surface area (Å²) in [4.78, 5) is 16.7. The van der Waals surface area contributed by atoms with Crippen molar-refractivity contribution < 1.29 is 14.1 Å². The summed E-state index contributed by atoms with van der Waals surface area (Å²) < 4.78 is 10.5. The summed E-state index contributed by atoms with van der Waals surface area (Å²) in [6.45, 7) is 6.18. The van der Waals surface area contributed by atoms with Gasteiger partial charge in [0.25, 0.3) is 5.71 Å². The van der Waals surface area contributed by atoms with E-state index in [0.29, 0.717) is 29.2 Å². The summed E-state index contributed by atoms with van der Waals surface area (Å²) in [6, 6.07) is 1.85. The van der Waals surface area contributed by atoms with E-state index in [-0.39, 0.29) is 11.9 Å². The minimum Gasteiger partial charge on any atom is -0.462 e. The van der Waals surface area contributed by atoms with Gasteiger partial charge < -0.3 is 9.26 Å². The molecule has 1 fully saturated rings. The number of carbonyl (C=O) groups is 1. The van der Waals surface area contributed by atoms with Crippen molar-refractivity contribution in [2.75, 3.05) is 6.61 Å². The number of ether oxygens (including phenoxy) is 1. The molecule has 0 amide bonds. The van der Waals surface area contributed by atoms with Gasteiger partial charge in [0.15, 0.2) is 0 Å². The predicted molar refractivity (Wildman–Crippen MR) is 73.8 cm³/mol. The van der Waals surface area contributed by atoms with E-state index in [9.17, 15) is 4.79 Å². The van der Waals surface area contributed by atoms with Crippen LogP contribution in [0.25, 0.3) is 11.1 Å². The fourth-order valence-corrected chi connectivity index (χ4v) is 2.34. The van der Waals surface area contributed by atoms with Gasteiger partial charge in [-0.15, -0.1) is 0 Å². The van der Waals surface area contributed by atoms with Crippen molar-refractivity contribution in [3.05, 3.63) is 23.0 Å². The highest BCUT2D eigenvalue weighted by Crippen LogP contribution is 2.41. The number of carbonyl (C=O) groups excluding carboxylic acids is 1. The van der Waals surface area contributed by atoms with Gasteiger partial charge in [0, 0.05) is 11.6 Å². The van der Waals surface area contributed by atoms with Crippen molar-refractivity contribution in [3.63, 3.8) is 0 Å². The minimum atomic E-state index is -0.327. The van der Waals surface area contributed by atoms with E-state index < -0.39 is 0 Å². The van der Waals surface area contributed by atoms with E-state index >= 15 is 0 Å². The fourth-order valence-electron chi connectivity index (χ4n) is 2.34. The summed E-state index contributed by atoms with van der Waals surface area (Å²) >= 11 is 0. The summed E-state index contributed by atoms with van der Waals surface area (Å²) in [5.74, 6) is 0.282. The Balaban J connectivity index is 2.20. The molecule has 0 radical (unpaired) electrons. The Kier molecular flexibility index (Phi) is 3.20. The van der Waals surface area contributed by atoms with Gasteiger partial charge in [-0.2, -0.15) is 0 Å². The van der Waals surface area contributed by atoms with Crippen LogP contribution < -0.4 is 0 Å². The zero-order valence-corrected chi connectivity index (χ0v) is 12.0. The number of pyridine rings is 1. The molecule has 0 unspecified atom stereocenters. The van der Waals surface area contributed by atoms with Crippen LogP contribution in [-0.2, 0) is 4.74 Å². The van der Waals surface area contributed by atoms with Gasteiger partial charge in [0.2, 0.25) is 0 Å². The number of esters is 1. The van der Waals surface area contributed by atoms with Gasteiger partial charge in [-0.3, -0.25) is 0 Å². The molecule has 0 atom stereocenters. The summed E-state index contributed by atoms with van der Waals surface area (Å²) in [6.07, 6.45) is 2.23. The molecule has 1 aliphatic rings. The van der Waals surface area contributed by atoms with Gasteiger partial charge in [0.05, 0.1) is 23.3 Å². The third-order valence-electron chi connectivity index (χ3n) is 3.53. The number of aromatic nitrogens is 2. The molecule has 5 heteroatoms. The lowest BCUT2D eigenvalue weighted by atomic mass is 10.0. The second kappa shape index (κ2) is 4.89. The van der Waals surface area contributed by atoms with E-state index in [4.69, 9.17) is 9.26 Å². The van der Waals surface area contributed by atoms with E-state index in [1.807, 2.05) is 19.9 Å². The van der Waals surface area contributed by atoms with Crippen LogP contribution >= 0.6 is 0 Å². The molecule has 0 aliphatic heterocycles. The van der Waals surface area contributed by atoms with Gasteiger partial charge in [-0.05, 0) is 31.7 Å². The Morgan fingerprint density at radius 1 is 1.50 bits per heavy atom. The van der Waals surface area contributed by atoms with Crippen LogP contribution in [0.3, 0.4) is 0 Å². The minimum absolute atomic E-state index is 0.165. The fraction of sp³-hybridized carbons (Fsp3) is 0.533. The van der Waals surface area contributed by atoms with Crippen LogP contribution in [0, 0.1) is 0 Å². The van der Waals surface area contributed by atoms with Gasteiger partial charge in [0.1, 0.15) is 0 Å². The van der Waals surface area contributed by atoms with Crippen LogP contribution in [-0.4, -0.2) is 22.7 Å². The van der Waals surface area contributed by atoms with Crippen molar-refractivity contribution in [2.24, 2.45) is 0 Å². The van der Waals surface area contributed by atoms with Crippen LogP contribution in [0.5, 0.6) is 0 Å². The van der Waals surface area contributed by atoms with Crippen molar-refractivity contribution in [1.82, 2.24) is 10.1 Å². The van der Waals surface area contributed by atoms with Crippen LogP contribution in [0.2, 0.25) is 0 Å². The Morgan fingerprint density at radius 2 is 2.25 bits per heavy atom. The number of hydrogen-bond acceptors (Lipinski definition) is 5. The number of fused-ring (bicyclic) bond motifs is 1. The quantitative estimate of drug-likeness (QED) is 0.799. The van der Waals surface area contributed by atoms with Crippen LogP contribution in [0.15, 0.2) is 10.6 Å². The molecule has 0 aromatic carbocycles. The first-order chi connectivity index (χ1) is 9.61. The molecule has 1 aliphatic carbocycles. The molecule has 3 rings (SSSR count). The van der Waals surface area contributed by atoms with Crippen molar-refractivity contribution in [1.29, 1.82) is 0 Å². The molecule has 2 aromatic heterocycles. The second-order valence-electron chi connectivity index (χ2n) is 5.49. The average Bonchev–Trinajstić information content (AvgIpc) is 3.17. The average molecular weight is 274 g/mol. The highest BCUT2D eigenvalue weighted by Gasteiger charge is 2.29. The summed E-state index contributed by atoms with van der Waals surface area (Å²) in [5.41, 5.74) is 2.65. The smallest absolute Gasteiger partial charge is 0.339 e. The third kappa shape index (κ3) is 2.17. The zero-order chi connectivity index (χ0) is 14.3. The standard InChI is InChI=1S/C15H18N2O3/c1-4-19-15(18)10-7-11(9-5-6-9)16-14-12(10)13(8(2)3)17-20-14/h7-9H,4-6H2,1-3H3. The lowest BCUT2D eigenvalue weighted by Gasteiger charge is -2.07. The maximum atomic E-state index is 12.2. The maximum Gasteiger partial charge on any atom is 0.339 e. The molecular formula is C15H18N2O3. The predicted octanol–water partition coefficient (Wildman–Crippen LogP) is 3.40. The second-order valence-corrected chi connectivity index (χ2v) is 5.49. The Morgan fingerprint density at radius 3 is 2.85 bits per heavy atom. The SMILES string of the molecule is CCOC(=O)c1cc(C2CC2)nc2onc(C(C)C)c12. The molecule has 1 saturated carbocycles. The van der Waals surface area contributed by atoms with Crippen molar-refractivity contribution in [2.45, 2.75) is 45.4 Å². The lowest BCUT2D eigenvalue weighted by molar-refractivity contribution is 0.0528. The first kappa shape index (κ1) is 13.1. The normalized spacial score (nSPS) is 15.0. The first-order valence-corrected chi connectivity index (χ1v) is 7.09. The van der Waals surface area contributed by atoms with Crippen LogP contribution in [0.1, 0.15) is 67.2 Å². The molecule has 0 bridgehead atoms. The molecule has 5 nitrogen and oxygen atoms in total.